The third-order valence-electron chi connectivity index (χ3n) is 3.12. The summed E-state index contributed by atoms with van der Waals surface area (Å²) in [5, 5.41) is 15.3. The minimum Gasteiger partial charge on any atom is -0.507 e. The summed E-state index contributed by atoms with van der Waals surface area (Å²) < 4.78 is 37.8. The zero-order chi connectivity index (χ0) is 19.2. The molecule has 0 fully saturated rings. The van der Waals surface area contributed by atoms with Crippen LogP contribution < -0.4 is 10.7 Å². The molecule has 0 unspecified atom stereocenters. The van der Waals surface area contributed by atoms with E-state index in [1.165, 1.54) is 18.3 Å². The molecule has 136 valence electrons. The fourth-order valence-corrected chi connectivity index (χ4v) is 1.93. The second-order valence-corrected chi connectivity index (χ2v) is 5.16. The third kappa shape index (κ3) is 5.62. The summed E-state index contributed by atoms with van der Waals surface area (Å²) in [5.74, 6) is -1.59. The van der Waals surface area contributed by atoms with Crippen LogP contribution in [0.5, 0.6) is 5.75 Å². The van der Waals surface area contributed by atoms with Crippen molar-refractivity contribution in [3.05, 3.63) is 59.7 Å². The normalized spacial score (nSPS) is 11.3. The van der Waals surface area contributed by atoms with Gasteiger partial charge in [0, 0.05) is 11.3 Å². The van der Waals surface area contributed by atoms with Gasteiger partial charge in [0.25, 0.3) is 0 Å². The number of phenolic OH excluding ortho intramolecular Hbond substituents is 1. The van der Waals surface area contributed by atoms with Gasteiger partial charge < -0.3 is 10.4 Å². The standard InChI is InChI=1S/C17H14F3N3O3/c18-17(19,20)12-5-3-6-13(8-12)22-15(25)9-16(26)23-21-10-11-4-1-2-7-14(11)24/h1-8,10,24H,9H2,(H,22,25)(H,23,26). The van der Waals surface area contributed by atoms with Gasteiger partial charge in [0.15, 0.2) is 0 Å². The van der Waals surface area contributed by atoms with E-state index in [-0.39, 0.29) is 11.4 Å². The minimum atomic E-state index is -4.53. The number of hydrogen-bond donors (Lipinski definition) is 3. The van der Waals surface area contributed by atoms with Crippen LogP contribution in [0.4, 0.5) is 18.9 Å². The number of carbonyl (C=O) groups excluding carboxylic acids is 2. The molecular weight excluding hydrogens is 351 g/mol. The third-order valence-corrected chi connectivity index (χ3v) is 3.12. The van der Waals surface area contributed by atoms with Crippen LogP contribution in [0.3, 0.4) is 0 Å². The molecule has 2 aromatic rings. The van der Waals surface area contributed by atoms with Gasteiger partial charge in [0.05, 0.1) is 11.8 Å². The molecule has 0 spiro atoms. The molecule has 0 atom stereocenters. The largest absolute Gasteiger partial charge is 0.507 e. The highest BCUT2D eigenvalue weighted by molar-refractivity contribution is 6.03. The molecule has 0 aromatic heterocycles. The lowest BCUT2D eigenvalue weighted by molar-refractivity contribution is -0.137. The number of halogens is 3. The van der Waals surface area contributed by atoms with Crippen molar-refractivity contribution in [2.45, 2.75) is 12.6 Å². The number of carbonyl (C=O) groups is 2. The van der Waals surface area contributed by atoms with Crippen LogP contribution in [0.1, 0.15) is 17.5 Å². The van der Waals surface area contributed by atoms with Gasteiger partial charge in [-0.25, -0.2) is 5.43 Å². The van der Waals surface area contributed by atoms with Crippen molar-refractivity contribution in [3.8, 4) is 5.75 Å². The van der Waals surface area contributed by atoms with Crippen LogP contribution in [0.2, 0.25) is 0 Å². The first-order valence-corrected chi connectivity index (χ1v) is 7.33. The molecule has 0 aliphatic heterocycles. The minimum absolute atomic E-state index is 0.0345. The van der Waals surface area contributed by atoms with Gasteiger partial charge >= 0.3 is 6.18 Å². The number of benzene rings is 2. The quantitative estimate of drug-likeness (QED) is 0.432. The van der Waals surface area contributed by atoms with Gasteiger partial charge in [-0.05, 0) is 30.3 Å². The van der Waals surface area contributed by atoms with Crippen LogP contribution in [-0.2, 0) is 15.8 Å². The Morgan fingerprint density at radius 2 is 1.81 bits per heavy atom. The Morgan fingerprint density at radius 3 is 2.50 bits per heavy atom. The van der Waals surface area contributed by atoms with E-state index in [2.05, 4.69) is 15.8 Å². The van der Waals surface area contributed by atoms with Gasteiger partial charge in [0.2, 0.25) is 11.8 Å². The lowest BCUT2D eigenvalue weighted by Gasteiger charge is -2.09. The van der Waals surface area contributed by atoms with Crippen molar-refractivity contribution >= 4 is 23.7 Å². The van der Waals surface area contributed by atoms with Gasteiger partial charge in [0.1, 0.15) is 12.2 Å². The smallest absolute Gasteiger partial charge is 0.416 e. The Kier molecular flexibility index (Phi) is 5.94. The Labute approximate surface area is 146 Å². The predicted octanol–water partition coefficient (Wildman–Crippen LogP) is 2.89. The van der Waals surface area contributed by atoms with Crippen molar-refractivity contribution in [2.24, 2.45) is 5.10 Å². The van der Waals surface area contributed by atoms with Gasteiger partial charge in [-0.1, -0.05) is 18.2 Å². The van der Waals surface area contributed by atoms with Gasteiger partial charge in [-0.15, -0.1) is 0 Å². The molecule has 6 nitrogen and oxygen atoms in total. The number of aromatic hydroxyl groups is 1. The van der Waals surface area contributed by atoms with Crippen LogP contribution >= 0.6 is 0 Å². The Morgan fingerprint density at radius 1 is 1.08 bits per heavy atom. The van der Waals surface area contributed by atoms with Crippen LogP contribution in [0, 0.1) is 0 Å². The summed E-state index contributed by atoms with van der Waals surface area (Å²) in [5.41, 5.74) is 1.47. The summed E-state index contributed by atoms with van der Waals surface area (Å²) in [6.07, 6.45) is -3.97. The van der Waals surface area contributed by atoms with E-state index in [0.717, 1.165) is 18.2 Å². The molecule has 0 aliphatic carbocycles. The first kappa shape index (κ1) is 19.0. The first-order chi connectivity index (χ1) is 12.3. The highest BCUT2D eigenvalue weighted by Crippen LogP contribution is 2.30. The number of nitrogens with zero attached hydrogens (tertiary/aromatic N) is 1. The first-order valence-electron chi connectivity index (χ1n) is 7.33. The molecule has 0 saturated heterocycles. The lowest BCUT2D eigenvalue weighted by Crippen LogP contribution is -2.24. The number of alkyl halides is 3. The number of rotatable bonds is 5. The highest BCUT2D eigenvalue weighted by Gasteiger charge is 2.30. The average Bonchev–Trinajstić information content (AvgIpc) is 2.56. The van der Waals surface area contributed by atoms with Crippen molar-refractivity contribution in [3.63, 3.8) is 0 Å². The van der Waals surface area contributed by atoms with Crippen LogP contribution in [-0.4, -0.2) is 23.1 Å². The average molecular weight is 365 g/mol. The molecule has 2 aromatic carbocycles. The fourth-order valence-electron chi connectivity index (χ4n) is 1.93. The Hall–Kier alpha value is -3.36. The molecule has 26 heavy (non-hydrogen) atoms. The highest BCUT2D eigenvalue weighted by atomic mass is 19.4. The molecule has 3 N–H and O–H groups in total. The van der Waals surface area contributed by atoms with Gasteiger partial charge in [-0.2, -0.15) is 18.3 Å². The molecule has 2 amide bonds. The maximum Gasteiger partial charge on any atom is 0.416 e. The zero-order valence-electron chi connectivity index (χ0n) is 13.2. The molecule has 9 heteroatoms. The molecule has 0 heterocycles. The molecule has 0 aliphatic rings. The SMILES string of the molecule is O=C(CC(=O)Nc1cccc(C(F)(F)F)c1)NN=Cc1ccccc1O. The van der Waals surface area contributed by atoms with E-state index in [4.69, 9.17) is 0 Å². The second-order valence-electron chi connectivity index (χ2n) is 5.16. The number of para-hydroxylation sites is 1. The monoisotopic (exact) mass is 365 g/mol. The summed E-state index contributed by atoms with van der Waals surface area (Å²) in [4.78, 5) is 23.3. The molecule has 0 saturated carbocycles. The summed E-state index contributed by atoms with van der Waals surface area (Å²) in [7, 11) is 0. The van der Waals surface area contributed by atoms with E-state index in [1.54, 1.807) is 18.2 Å². The van der Waals surface area contributed by atoms with E-state index < -0.39 is 30.0 Å². The number of hydrazone groups is 1. The second kappa shape index (κ2) is 8.15. The van der Waals surface area contributed by atoms with E-state index in [0.29, 0.717) is 5.56 Å². The number of nitrogens with one attached hydrogen (secondary N) is 2. The van der Waals surface area contributed by atoms with Crippen molar-refractivity contribution in [1.82, 2.24) is 5.43 Å². The molecule has 2 rings (SSSR count). The summed E-state index contributed by atoms with van der Waals surface area (Å²) in [6, 6.07) is 10.3. The maximum atomic E-state index is 12.6. The fraction of sp³-hybridized carbons (Fsp3) is 0.118. The number of phenols is 1. The van der Waals surface area contributed by atoms with E-state index in [1.807, 2.05) is 0 Å². The summed E-state index contributed by atoms with van der Waals surface area (Å²) >= 11 is 0. The number of amides is 2. The maximum absolute atomic E-state index is 12.6. The zero-order valence-corrected chi connectivity index (χ0v) is 13.2. The Balaban J connectivity index is 1.88. The van der Waals surface area contributed by atoms with Crippen molar-refractivity contribution in [1.29, 1.82) is 0 Å². The number of hydrogen-bond acceptors (Lipinski definition) is 4. The van der Waals surface area contributed by atoms with Crippen LogP contribution in [0.15, 0.2) is 53.6 Å². The van der Waals surface area contributed by atoms with Crippen molar-refractivity contribution < 1.29 is 27.9 Å². The molecular formula is C17H14F3N3O3. The van der Waals surface area contributed by atoms with E-state index >= 15 is 0 Å². The summed E-state index contributed by atoms with van der Waals surface area (Å²) in [6.45, 7) is 0. The lowest BCUT2D eigenvalue weighted by atomic mass is 10.2. The topological polar surface area (TPSA) is 90.8 Å². The Bertz CT molecular complexity index is 835. The van der Waals surface area contributed by atoms with Gasteiger partial charge in [-0.3, -0.25) is 9.59 Å². The van der Waals surface area contributed by atoms with E-state index in [9.17, 15) is 27.9 Å². The molecule has 0 bridgehead atoms. The number of anilines is 1. The predicted molar refractivity (Wildman–Crippen MR) is 88.5 cm³/mol. The van der Waals surface area contributed by atoms with Crippen LogP contribution in [0.25, 0.3) is 0 Å². The molecule has 0 radical (unpaired) electrons. The van der Waals surface area contributed by atoms with Crippen molar-refractivity contribution in [2.75, 3.05) is 5.32 Å².